The highest BCUT2D eigenvalue weighted by molar-refractivity contribution is 6.31. The first-order valence-electron chi connectivity index (χ1n) is 6.65. The number of rotatable bonds is 8. The maximum atomic E-state index is 11.7. The predicted molar refractivity (Wildman–Crippen MR) is 78.7 cm³/mol. The molecule has 0 heterocycles. The van der Waals surface area contributed by atoms with Gasteiger partial charge >= 0.3 is 6.03 Å². The molecule has 0 spiro atoms. The van der Waals surface area contributed by atoms with Gasteiger partial charge in [-0.05, 0) is 25.5 Å². The van der Waals surface area contributed by atoms with Crippen LogP contribution >= 0.6 is 11.6 Å². The van der Waals surface area contributed by atoms with E-state index in [2.05, 4.69) is 10.6 Å². The Morgan fingerprint density at radius 2 is 1.85 bits per heavy atom. The highest BCUT2D eigenvalue weighted by atomic mass is 35.5. The Bertz CT molecular complexity index is 409. The normalized spacial score (nSPS) is 10.6. The van der Waals surface area contributed by atoms with Crippen LogP contribution in [0.5, 0.6) is 0 Å². The molecule has 0 unspecified atom stereocenters. The van der Waals surface area contributed by atoms with Crippen LogP contribution in [0.2, 0.25) is 5.02 Å². The number of amides is 2. The standard InChI is InChI=1S/C14H21ClN2O3/c1-3-19-13(20-4-2)10-17-14(18)16-9-11-7-5-6-8-12(11)15/h5-8,13H,3-4,9-10H2,1-2H3,(H2,16,17,18). The minimum Gasteiger partial charge on any atom is -0.351 e. The zero-order valence-corrected chi connectivity index (χ0v) is 12.6. The van der Waals surface area contributed by atoms with Gasteiger partial charge < -0.3 is 20.1 Å². The van der Waals surface area contributed by atoms with E-state index in [-0.39, 0.29) is 6.03 Å². The minimum absolute atomic E-state index is 0.283. The van der Waals surface area contributed by atoms with Crippen LogP contribution in [0.3, 0.4) is 0 Å². The van der Waals surface area contributed by atoms with Gasteiger partial charge in [0.2, 0.25) is 0 Å². The predicted octanol–water partition coefficient (Wildman–Crippen LogP) is 2.54. The number of carbonyl (C=O) groups is 1. The Hall–Kier alpha value is -1.30. The summed E-state index contributed by atoms with van der Waals surface area (Å²) >= 11 is 6.01. The first-order valence-corrected chi connectivity index (χ1v) is 7.03. The lowest BCUT2D eigenvalue weighted by atomic mass is 10.2. The minimum atomic E-state index is -0.420. The van der Waals surface area contributed by atoms with Gasteiger partial charge in [-0.25, -0.2) is 4.79 Å². The van der Waals surface area contributed by atoms with Crippen molar-refractivity contribution in [1.29, 1.82) is 0 Å². The fourth-order valence-corrected chi connectivity index (χ4v) is 1.80. The third-order valence-corrected chi connectivity index (χ3v) is 2.90. The lowest BCUT2D eigenvalue weighted by Gasteiger charge is -2.17. The molecule has 1 aromatic carbocycles. The van der Waals surface area contributed by atoms with Crippen LogP contribution in [0, 0.1) is 0 Å². The summed E-state index contributed by atoms with van der Waals surface area (Å²) in [5.41, 5.74) is 0.871. The van der Waals surface area contributed by atoms with E-state index >= 15 is 0 Å². The van der Waals surface area contributed by atoms with Crippen LogP contribution in [-0.2, 0) is 16.0 Å². The lowest BCUT2D eigenvalue weighted by Crippen LogP contribution is -2.41. The molecule has 5 nitrogen and oxygen atoms in total. The van der Waals surface area contributed by atoms with Crippen molar-refractivity contribution in [1.82, 2.24) is 10.6 Å². The number of hydrogen-bond donors (Lipinski definition) is 2. The molecule has 2 N–H and O–H groups in total. The molecule has 0 bridgehead atoms. The second-order valence-corrected chi connectivity index (χ2v) is 4.40. The van der Waals surface area contributed by atoms with E-state index in [1.54, 1.807) is 6.07 Å². The Balaban J connectivity index is 2.31. The van der Waals surface area contributed by atoms with Gasteiger partial charge in [-0.2, -0.15) is 0 Å². The van der Waals surface area contributed by atoms with E-state index in [4.69, 9.17) is 21.1 Å². The van der Waals surface area contributed by atoms with E-state index in [1.165, 1.54) is 0 Å². The highest BCUT2D eigenvalue weighted by Gasteiger charge is 2.10. The third kappa shape index (κ3) is 6.23. The van der Waals surface area contributed by atoms with Crippen molar-refractivity contribution in [3.63, 3.8) is 0 Å². The molecule has 1 aromatic rings. The number of nitrogens with one attached hydrogen (secondary N) is 2. The largest absolute Gasteiger partial charge is 0.351 e. The molecule has 6 heteroatoms. The maximum absolute atomic E-state index is 11.7. The van der Waals surface area contributed by atoms with Crippen molar-refractivity contribution < 1.29 is 14.3 Å². The molecule has 0 aliphatic rings. The molecule has 2 amide bonds. The summed E-state index contributed by atoms with van der Waals surface area (Å²) in [5, 5.41) is 6.07. The Morgan fingerprint density at radius 3 is 2.45 bits per heavy atom. The van der Waals surface area contributed by atoms with E-state index in [9.17, 15) is 4.79 Å². The topological polar surface area (TPSA) is 59.6 Å². The van der Waals surface area contributed by atoms with Gasteiger partial charge in [0.25, 0.3) is 0 Å². The van der Waals surface area contributed by atoms with Gasteiger partial charge in [-0.3, -0.25) is 0 Å². The number of hydrogen-bond acceptors (Lipinski definition) is 3. The van der Waals surface area contributed by atoms with E-state index in [1.807, 2.05) is 32.0 Å². The molecule has 0 fully saturated rings. The number of urea groups is 1. The molecule has 0 aliphatic carbocycles. The third-order valence-electron chi connectivity index (χ3n) is 2.53. The number of halogens is 1. The van der Waals surface area contributed by atoms with Crippen LogP contribution < -0.4 is 10.6 Å². The lowest BCUT2D eigenvalue weighted by molar-refractivity contribution is -0.131. The van der Waals surface area contributed by atoms with Gasteiger partial charge in [-0.15, -0.1) is 0 Å². The molecule has 0 aromatic heterocycles. The molecule has 112 valence electrons. The first kappa shape index (κ1) is 16.8. The highest BCUT2D eigenvalue weighted by Crippen LogP contribution is 2.14. The van der Waals surface area contributed by atoms with E-state index in [0.29, 0.717) is 31.3 Å². The van der Waals surface area contributed by atoms with Gasteiger partial charge in [0, 0.05) is 24.8 Å². The number of benzene rings is 1. The van der Waals surface area contributed by atoms with Crippen LogP contribution in [0.15, 0.2) is 24.3 Å². The number of ether oxygens (including phenoxy) is 2. The molecule has 0 atom stereocenters. The monoisotopic (exact) mass is 300 g/mol. The Morgan fingerprint density at radius 1 is 1.20 bits per heavy atom. The van der Waals surface area contributed by atoms with Crippen LogP contribution in [0.1, 0.15) is 19.4 Å². The van der Waals surface area contributed by atoms with Crippen molar-refractivity contribution in [2.24, 2.45) is 0 Å². The SMILES string of the molecule is CCOC(CNC(=O)NCc1ccccc1Cl)OCC. The average Bonchev–Trinajstić information content (AvgIpc) is 2.44. The van der Waals surface area contributed by atoms with E-state index in [0.717, 1.165) is 5.56 Å². The first-order chi connectivity index (χ1) is 9.67. The summed E-state index contributed by atoms with van der Waals surface area (Å²) in [5.74, 6) is 0. The van der Waals surface area contributed by atoms with Crippen LogP contribution in [0.25, 0.3) is 0 Å². The second kappa shape index (κ2) is 9.58. The fourth-order valence-electron chi connectivity index (χ4n) is 1.59. The van der Waals surface area contributed by atoms with Crippen molar-refractivity contribution in [2.75, 3.05) is 19.8 Å². The number of carbonyl (C=O) groups excluding carboxylic acids is 1. The molecule has 20 heavy (non-hydrogen) atoms. The van der Waals surface area contributed by atoms with Gasteiger partial charge in [0.05, 0.1) is 6.54 Å². The molecule has 1 rings (SSSR count). The smallest absolute Gasteiger partial charge is 0.315 e. The summed E-state index contributed by atoms with van der Waals surface area (Å²) < 4.78 is 10.7. The van der Waals surface area contributed by atoms with Crippen molar-refractivity contribution in [3.05, 3.63) is 34.9 Å². The quantitative estimate of drug-likeness (QED) is 0.725. The summed E-state index contributed by atoms with van der Waals surface area (Å²) in [4.78, 5) is 11.7. The Kier molecular flexibility index (Phi) is 8.02. The maximum Gasteiger partial charge on any atom is 0.315 e. The molecular formula is C14H21ClN2O3. The van der Waals surface area contributed by atoms with E-state index < -0.39 is 6.29 Å². The molecule has 0 saturated heterocycles. The van der Waals surface area contributed by atoms with Crippen molar-refractivity contribution >= 4 is 17.6 Å². The Labute approximate surface area is 124 Å². The van der Waals surface area contributed by atoms with Crippen molar-refractivity contribution in [3.8, 4) is 0 Å². The average molecular weight is 301 g/mol. The van der Waals surface area contributed by atoms with Gasteiger partial charge in [0.15, 0.2) is 6.29 Å². The zero-order valence-electron chi connectivity index (χ0n) is 11.8. The van der Waals surface area contributed by atoms with Crippen molar-refractivity contribution in [2.45, 2.75) is 26.7 Å². The summed E-state index contributed by atoms with van der Waals surface area (Å²) in [6.07, 6.45) is -0.420. The molecule has 0 radical (unpaired) electrons. The molecular weight excluding hydrogens is 280 g/mol. The van der Waals surface area contributed by atoms with Gasteiger partial charge in [0.1, 0.15) is 0 Å². The molecule has 0 saturated carbocycles. The summed E-state index contributed by atoms with van der Waals surface area (Å²) in [6.45, 7) is 5.50. The summed E-state index contributed by atoms with van der Waals surface area (Å²) in [7, 11) is 0. The second-order valence-electron chi connectivity index (χ2n) is 4.00. The molecule has 0 aliphatic heterocycles. The van der Waals surface area contributed by atoms with Crippen LogP contribution in [0.4, 0.5) is 4.79 Å². The summed E-state index contributed by atoms with van der Waals surface area (Å²) in [6, 6.07) is 7.10. The van der Waals surface area contributed by atoms with Crippen LogP contribution in [-0.4, -0.2) is 32.1 Å². The zero-order chi connectivity index (χ0) is 14.8. The van der Waals surface area contributed by atoms with Gasteiger partial charge in [-0.1, -0.05) is 29.8 Å². The fraction of sp³-hybridized carbons (Fsp3) is 0.500.